The molecule has 0 saturated carbocycles. The monoisotopic (exact) mass is 344 g/mol. The van der Waals surface area contributed by atoms with Crippen molar-refractivity contribution in [3.63, 3.8) is 0 Å². The van der Waals surface area contributed by atoms with E-state index < -0.39 is 16.1 Å². The first-order valence-electron chi connectivity index (χ1n) is 7.25. The molecular weight excluding hydrogens is 320 g/mol. The highest BCUT2D eigenvalue weighted by Gasteiger charge is 2.24. The van der Waals surface area contributed by atoms with Gasteiger partial charge in [-0.2, -0.15) is 0 Å². The van der Waals surface area contributed by atoms with Crippen LogP contribution >= 0.6 is 0 Å². The van der Waals surface area contributed by atoms with Crippen LogP contribution in [0, 0.1) is 5.92 Å². The maximum atomic E-state index is 12.1. The third kappa shape index (κ3) is 6.45. The van der Waals surface area contributed by atoms with Crippen LogP contribution in [0.4, 0.5) is 0 Å². The number of carbonyl (C=O) groups is 1. The van der Waals surface area contributed by atoms with Gasteiger partial charge in [0.25, 0.3) is 0 Å². The molecule has 0 fully saturated rings. The van der Waals surface area contributed by atoms with Crippen LogP contribution in [0.5, 0.6) is 11.5 Å². The van der Waals surface area contributed by atoms with Crippen molar-refractivity contribution in [3.05, 3.63) is 23.8 Å². The molecule has 0 aliphatic rings. The van der Waals surface area contributed by atoms with Crippen LogP contribution in [-0.2, 0) is 21.2 Å². The topological polar surface area (TPSA) is 105 Å². The number of rotatable bonds is 8. The van der Waals surface area contributed by atoms with Crippen LogP contribution < -0.4 is 14.8 Å². The summed E-state index contributed by atoms with van der Waals surface area (Å²) in [4.78, 5) is 12.1. The zero-order chi connectivity index (χ0) is 17.6. The quantitative estimate of drug-likeness (QED) is 0.642. The molecule has 0 unspecified atom stereocenters. The highest BCUT2D eigenvalue weighted by molar-refractivity contribution is 7.88. The van der Waals surface area contributed by atoms with Crippen LogP contribution in [0.2, 0.25) is 0 Å². The van der Waals surface area contributed by atoms with E-state index >= 15 is 0 Å². The largest absolute Gasteiger partial charge is 0.504 e. The molecule has 1 atom stereocenters. The molecule has 1 aromatic carbocycles. The van der Waals surface area contributed by atoms with E-state index in [4.69, 9.17) is 4.74 Å². The van der Waals surface area contributed by atoms with Crippen molar-refractivity contribution in [2.24, 2.45) is 5.92 Å². The van der Waals surface area contributed by atoms with E-state index in [0.29, 0.717) is 18.7 Å². The number of amides is 1. The molecule has 0 saturated heterocycles. The Hall–Kier alpha value is -1.80. The lowest BCUT2D eigenvalue weighted by Gasteiger charge is -2.20. The summed E-state index contributed by atoms with van der Waals surface area (Å²) in [7, 11) is -2.00. The highest BCUT2D eigenvalue weighted by atomic mass is 32.2. The Labute approximate surface area is 137 Å². The molecule has 7 nitrogen and oxygen atoms in total. The second-order valence-corrected chi connectivity index (χ2v) is 7.44. The van der Waals surface area contributed by atoms with E-state index in [9.17, 15) is 18.3 Å². The van der Waals surface area contributed by atoms with Crippen molar-refractivity contribution in [3.8, 4) is 11.5 Å². The van der Waals surface area contributed by atoms with E-state index in [0.717, 1.165) is 11.8 Å². The van der Waals surface area contributed by atoms with Gasteiger partial charge >= 0.3 is 0 Å². The van der Waals surface area contributed by atoms with Crippen LogP contribution in [-0.4, -0.2) is 45.4 Å². The van der Waals surface area contributed by atoms with Crippen LogP contribution in [0.15, 0.2) is 18.2 Å². The summed E-state index contributed by atoms with van der Waals surface area (Å²) in [5, 5.41) is 12.2. The van der Waals surface area contributed by atoms with Crippen molar-refractivity contribution in [1.29, 1.82) is 0 Å². The van der Waals surface area contributed by atoms with Crippen molar-refractivity contribution in [1.82, 2.24) is 10.0 Å². The van der Waals surface area contributed by atoms with Crippen molar-refractivity contribution >= 4 is 15.9 Å². The molecule has 0 bridgehead atoms. The molecule has 0 aliphatic heterocycles. The van der Waals surface area contributed by atoms with Gasteiger partial charge in [0.15, 0.2) is 11.5 Å². The van der Waals surface area contributed by atoms with Gasteiger partial charge in [0, 0.05) is 6.54 Å². The number of hydrogen-bond acceptors (Lipinski definition) is 5. The predicted molar refractivity (Wildman–Crippen MR) is 88.0 cm³/mol. The van der Waals surface area contributed by atoms with E-state index in [-0.39, 0.29) is 17.6 Å². The van der Waals surface area contributed by atoms with Gasteiger partial charge in [0.2, 0.25) is 15.9 Å². The fourth-order valence-electron chi connectivity index (χ4n) is 2.04. The molecule has 0 spiro atoms. The van der Waals surface area contributed by atoms with Crippen molar-refractivity contribution in [2.45, 2.75) is 26.3 Å². The number of nitrogens with one attached hydrogen (secondary N) is 2. The van der Waals surface area contributed by atoms with E-state index in [2.05, 4.69) is 10.0 Å². The molecule has 1 rings (SSSR count). The van der Waals surface area contributed by atoms with Gasteiger partial charge in [-0.05, 0) is 30.0 Å². The Kier molecular flexibility index (Phi) is 6.83. The predicted octanol–water partition coefficient (Wildman–Crippen LogP) is 0.633. The normalized spacial score (nSPS) is 12.9. The van der Waals surface area contributed by atoms with Gasteiger partial charge < -0.3 is 15.2 Å². The summed E-state index contributed by atoms with van der Waals surface area (Å²) in [6.07, 6.45) is 1.56. The Bertz CT molecular complexity index is 643. The first kappa shape index (κ1) is 19.2. The summed E-state index contributed by atoms with van der Waals surface area (Å²) in [5.74, 6) is -0.111. The number of methoxy groups -OCH3 is 1. The Morgan fingerprint density at radius 2 is 2.00 bits per heavy atom. The van der Waals surface area contributed by atoms with Crippen LogP contribution in [0.3, 0.4) is 0 Å². The summed E-state index contributed by atoms with van der Waals surface area (Å²) in [5.41, 5.74) is 0.886. The van der Waals surface area contributed by atoms with Gasteiger partial charge in [0.05, 0.1) is 13.4 Å². The maximum Gasteiger partial charge on any atom is 0.238 e. The molecule has 0 heterocycles. The minimum absolute atomic E-state index is 0.0532. The lowest BCUT2D eigenvalue weighted by atomic mass is 10.0. The van der Waals surface area contributed by atoms with Crippen LogP contribution in [0.1, 0.15) is 19.4 Å². The minimum Gasteiger partial charge on any atom is -0.504 e. The maximum absolute atomic E-state index is 12.1. The average molecular weight is 344 g/mol. The molecule has 0 radical (unpaired) electrons. The highest BCUT2D eigenvalue weighted by Crippen LogP contribution is 2.26. The summed E-state index contributed by atoms with van der Waals surface area (Å²) in [6.45, 7) is 3.89. The molecular formula is C15H24N2O5S. The Morgan fingerprint density at radius 1 is 1.35 bits per heavy atom. The zero-order valence-electron chi connectivity index (χ0n) is 13.8. The van der Waals surface area contributed by atoms with E-state index in [1.165, 1.54) is 13.2 Å². The molecule has 130 valence electrons. The zero-order valence-corrected chi connectivity index (χ0v) is 14.6. The van der Waals surface area contributed by atoms with E-state index in [1.54, 1.807) is 26.0 Å². The van der Waals surface area contributed by atoms with Crippen molar-refractivity contribution < 1.29 is 23.1 Å². The van der Waals surface area contributed by atoms with E-state index in [1.807, 2.05) is 0 Å². The van der Waals surface area contributed by atoms with Gasteiger partial charge in [0.1, 0.15) is 6.04 Å². The Morgan fingerprint density at radius 3 is 2.52 bits per heavy atom. The first-order valence-corrected chi connectivity index (χ1v) is 9.14. The molecule has 0 aromatic heterocycles. The number of aromatic hydroxyl groups is 1. The lowest BCUT2D eigenvalue weighted by molar-refractivity contribution is -0.123. The Balaban J connectivity index is 2.61. The molecule has 1 aromatic rings. The molecule has 8 heteroatoms. The number of phenols is 1. The van der Waals surface area contributed by atoms with Gasteiger partial charge in [-0.15, -0.1) is 0 Å². The number of ether oxygens (including phenoxy) is 1. The lowest BCUT2D eigenvalue weighted by Crippen LogP contribution is -2.49. The molecule has 23 heavy (non-hydrogen) atoms. The van der Waals surface area contributed by atoms with Crippen LogP contribution in [0.25, 0.3) is 0 Å². The number of phenolic OH excluding ortho intramolecular Hbond substituents is 1. The van der Waals surface area contributed by atoms with Gasteiger partial charge in [-0.3, -0.25) is 4.79 Å². The third-order valence-corrected chi connectivity index (χ3v) is 3.93. The third-order valence-electron chi connectivity index (χ3n) is 3.25. The number of carbonyl (C=O) groups excluding carboxylic acids is 1. The average Bonchev–Trinajstić information content (AvgIpc) is 2.45. The summed E-state index contributed by atoms with van der Waals surface area (Å²) >= 11 is 0. The van der Waals surface area contributed by atoms with Gasteiger partial charge in [-0.25, -0.2) is 13.1 Å². The molecule has 0 aliphatic carbocycles. The SMILES string of the molecule is COc1cc(CCNC(=O)[C@@H](NS(C)(=O)=O)C(C)C)ccc1O. The number of hydrogen-bond donors (Lipinski definition) is 3. The van der Waals surface area contributed by atoms with Gasteiger partial charge in [-0.1, -0.05) is 19.9 Å². The molecule has 1 amide bonds. The van der Waals surface area contributed by atoms with Crippen molar-refractivity contribution in [2.75, 3.05) is 19.9 Å². The second-order valence-electron chi connectivity index (χ2n) is 5.66. The number of sulfonamides is 1. The molecule has 3 N–H and O–H groups in total. The first-order chi connectivity index (χ1) is 10.6. The second kappa shape index (κ2) is 8.16. The fraction of sp³-hybridized carbons (Fsp3) is 0.533. The summed E-state index contributed by atoms with van der Waals surface area (Å²) < 4.78 is 30.0. The smallest absolute Gasteiger partial charge is 0.238 e. The number of benzene rings is 1. The summed E-state index contributed by atoms with van der Waals surface area (Å²) in [6, 6.07) is 4.15. The minimum atomic E-state index is -3.46. The standard InChI is InChI=1S/C15H24N2O5S/c1-10(2)14(17-23(4,20)21)15(19)16-8-7-11-5-6-12(18)13(9-11)22-3/h5-6,9-10,14,17-18H,7-8H2,1-4H3,(H,16,19)/t14-/m0/s1. The fourth-order valence-corrected chi connectivity index (χ4v) is 2.88.